The summed E-state index contributed by atoms with van der Waals surface area (Å²) >= 11 is 0. The van der Waals surface area contributed by atoms with E-state index in [1.807, 2.05) is 19.9 Å². The number of rotatable bonds is 5. The maximum Gasteiger partial charge on any atom is 0.331 e. The fraction of sp³-hybridized carbons (Fsp3) is 0.806. The van der Waals surface area contributed by atoms with Crippen LogP contribution in [0.25, 0.3) is 0 Å². The number of carboxylic acids is 1. The highest BCUT2D eigenvalue weighted by molar-refractivity contribution is 5.88. The molecule has 0 bridgehead atoms. The Hall–Kier alpha value is -1.66. The zero-order valence-electron chi connectivity index (χ0n) is 23.8. The lowest BCUT2D eigenvalue weighted by atomic mass is 9.36. The highest BCUT2D eigenvalue weighted by atomic mass is 16.5. The van der Waals surface area contributed by atoms with Gasteiger partial charge in [0.2, 0.25) is 0 Å². The lowest BCUT2D eigenvalue weighted by Crippen LogP contribution is -2.65. The molecule has 37 heavy (non-hydrogen) atoms. The van der Waals surface area contributed by atoms with Crippen molar-refractivity contribution in [3.05, 3.63) is 22.8 Å². The third-order valence-electron chi connectivity index (χ3n) is 11.6. The SMILES string of the molecule is CC(=O)O[C@H]1C[C@@]2(C)[C@H](C[C@@H](O)[C@@H]3[C@@]4(C)CC[C@@H](O)[C@@H](C)[C@@H]4CC[C@@]32C)/C1=C(\CCC=C(C)C)C(=O)O. The average Bonchev–Trinajstić information content (AvgIpc) is 3.05. The standard InChI is InChI=1S/C31H48O6/c1-17(2)9-8-10-20(28(35)36)26-22-15-24(34)27-29(5)13-12-23(33)18(3)21(29)11-14-30(27,6)31(22,7)16-25(26)37-19(4)32/h9,18,21-25,27,33-34H,8,10-16H2,1-7H3,(H,35,36)/b26-20-/t18-,21-,22+,23+,24+,25-,27+,29-,30-,31-/m0/s1. The van der Waals surface area contributed by atoms with Crippen LogP contribution in [0.3, 0.4) is 0 Å². The second kappa shape index (κ2) is 9.82. The Morgan fingerprint density at radius 2 is 1.70 bits per heavy atom. The first-order valence-electron chi connectivity index (χ1n) is 14.3. The summed E-state index contributed by atoms with van der Waals surface area (Å²) in [6.07, 6.45) is 6.22. The maximum atomic E-state index is 12.6. The molecule has 3 N–H and O–H groups in total. The van der Waals surface area contributed by atoms with Crippen LogP contribution in [0.15, 0.2) is 22.8 Å². The van der Waals surface area contributed by atoms with Crippen molar-refractivity contribution in [1.29, 1.82) is 0 Å². The molecule has 4 saturated carbocycles. The third kappa shape index (κ3) is 4.40. The summed E-state index contributed by atoms with van der Waals surface area (Å²) in [5.74, 6) is -0.909. The molecule has 6 heteroatoms. The van der Waals surface area contributed by atoms with Crippen LogP contribution in [0.2, 0.25) is 0 Å². The number of hydrogen-bond acceptors (Lipinski definition) is 5. The van der Waals surface area contributed by atoms with Gasteiger partial charge < -0.3 is 20.1 Å². The topological polar surface area (TPSA) is 104 Å². The minimum atomic E-state index is -0.953. The summed E-state index contributed by atoms with van der Waals surface area (Å²) in [7, 11) is 0. The molecule has 0 saturated heterocycles. The Labute approximate surface area is 222 Å². The summed E-state index contributed by atoms with van der Waals surface area (Å²) in [5, 5.41) is 32.9. The highest BCUT2D eigenvalue weighted by Crippen LogP contribution is 2.74. The van der Waals surface area contributed by atoms with Gasteiger partial charge >= 0.3 is 11.9 Å². The van der Waals surface area contributed by atoms with Gasteiger partial charge in [-0.05, 0) is 111 Å². The monoisotopic (exact) mass is 516 g/mol. The Morgan fingerprint density at radius 1 is 1.03 bits per heavy atom. The summed E-state index contributed by atoms with van der Waals surface area (Å²) in [4.78, 5) is 24.8. The molecule has 0 heterocycles. The predicted molar refractivity (Wildman–Crippen MR) is 143 cm³/mol. The lowest BCUT2D eigenvalue weighted by molar-refractivity contribution is -0.234. The van der Waals surface area contributed by atoms with Gasteiger partial charge in [-0.15, -0.1) is 0 Å². The molecule has 0 radical (unpaired) electrons. The minimum absolute atomic E-state index is 0.0474. The van der Waals surface area contributed by atoms with E-state index in [0.29, 0.717) is 37.2 Å². The summed E-state index contributed by atoms with van der Waals surface area (Å²) in [5.41, 5.74) is 1.57. The summed E-state index contributed by atoms with van der Waals surface area (Å²) < 4.78 is 5.87. The van der Waals surface area contributed by atoms with Gasteiger partial charge in [0.05, 0.1) is 12.2 Å². The van der Waals surface area contributed by atoms with E-state index in [-0.39, 0.29) is 40.1 Å². The third-order valence-corrected chi connectivity index (χ3v) is 11.6. The molecule has 6 nitrogen and oxygen atoms in total. The van der Waals surface area contributed by atoms with Gasteiger partial charge in [0, 0.05) is 12.5 Å². The van der Waals surface area contributed by atoms with E-state index in [9.17, 15) is 24.9 Å². The van der Waals surface area contributed by atoms with Crippen LogP contribution in [0, 0.1) is 39.9 Å². The molecule has 0 aliphatic heterocycles. The molecule has 10 atom stereocenters. The van der Waals surface area contributed by atoms with E-state index in [4.69, 9.17) is 4.74 Å². The molecule has 0 spiro atoms. The van der Waals surface area contributed by atoms with Crippen LogP contribution in [0.4, 0.5) is 0 Å². The van der Waals surface area contributed by atoms with Gasteiger partial charge in [-0.25, -0.2) is 4.79 Å². The molecule has 4 aliphatic carbocycles. The zero-order valence-corrected chi connectivity index (χ0v) is 23.8. The van der Waals surface area contributed by atoms with Crippen molar-refractivity contribution in [3.8, 4) is 0 Å². The molecule has 0 aromatic carbocycles. The fourth-order valence-electron chi connectivity index (χ4n) is 9.79. The van der Waals surface area contributed by atoms with Crippen molar-refractivity contribution in [1.82, 2.24) is 0 Å². The van der Waals surface area contributed by atoms with Crippen molar-refractivity contribution in [2.24, 2.45) is 39.9 Å². The number of hydrogen-bond donors (Lipinski definition) is 3. The van der Waals surface area contributed by atoms with Gasteiger partial charge in [0.15, 0.2) is 0 Å². The van der Waals surface area contributed by atoms with E-state index in [1.165, 1.54) is 6.92 Å². The van der Waals surface area contributed by atoms with Crippen molar-refractivity contribution in [2.75, 3.05) is 0 Å². The fourth-order valence-corrected chi connectivity index (χ4v) is 9.79. The zero-order chi connectivity index (χ0) is 27.5. The van der Waals surface area contributed by atoms with E-state index in [2.05, 4.69) is 27.7 Å². The largest absolute Gasteiger partial charge is 0.478 e. The van der Waals surface area contributed by atoms with Crippen LogP contribution < -0.4 is 0 Å². The molecule has 0 aromatic heterocycles. The Bertz CT molecular complexity index is 994. The van der Waals surface area contributed by atoms with Crippen LogP contribution in [-0.4, -0.2) is 45.6 Å². The molecule has 4 rings (SSSR count). The molecular formula is C31H48O6. The van der Waals surface area contributed by atoms with Gasteiger partial charge in [-0.3, -0.25) is 4.79 Å². The quantitative estimate of drug-likeness (QED) is 0.247. The second-order valence-corrected chi connectivity index (χ2v) is 13.6. The predicted octanol–water partition coefficient (Wildman–Crippen LogP) is 5.67. The number of aliphatic hydroxyl groups is 2. The number of carbonyl (C=O) groups is 2. The molecule has 0 amide bonds. The lowest BCUT2D eigenvalue weighted by Gasteiger charge is -2.69. The number of carboxylic acid groups (broad SMARTS) is 1. The first-order chi connectivity index (χ1) is 17.2. The van der Waals surface area contributed by atoms with Crippen LogP contribution in [-0.2, 0) is 14.3 Å². The Balaban J connectivity index is 1.82. The van der Waals surface area contributed by atoms with Crippen LogP contribution in [0.5, 0.6) is 0 Å². The Morgan fingerprint density at radius 3 is 2.30 bits per heavy atom. The number of allylic oxidation sites excluding steroid dienone is 2. The minimum Gasteiger partial charge on any atom is -0.478 e. The van der Waals surface area contributed by atoms with E-state index >= 15 is 0 Å². The number of aliphatic carboxylic acids is 1. The summed E-state index contributed by atoms with van der Waals surface area (Å²) in [6.45, 7) is 14.5. The second-order valence-electron chi connectivity index (χ2n) is 13.6. The first kappa shape index (κ1) is 28.4. The van der Waals surface area contributed by atoms with Crippen LogP contribution in [0.1, 0.15) is 99.8 Å². The number of fused-ring (bicyclic) bond motifs is 5. The van der Waals surface area contributed by atoms with Crippen molar-refractivity contribution < 1.29 is 29.6 Å². The van der Waals surface area contributed by atoms with E-state index in [0.717, 1.165) is 36.8 Å². The maximum absolute atomic E-state index is 12.6. The van der Waals surface area contributed by atoms with Gasteiger partial charge in [0.25, 0.3) is 0 Å². The van der Waals surface area contributed by atoms with Gasteiger partial charge in [-0.2, -0.15) is 0 Å². The van der Waals surface area contributed by atoms with Crippen molar-refractivity contribution in [3.63, 3.8) is 0 Å². The number of aliphatic hydroxyl groups excluding tert-OH is 2. The number of esters is 1. The number of ether oxygens (including phenoxy) is 1. The summed E-state index contributed by atoms with van der Waals surface area (Å²) in [6, 6.07) is 0. The number of carbonyl (C=O) groups excluding carboxylic acids is 1. The average molecular weight is 517 g/mol. The van der Waals surface area contributed by atoms with Crippen molar-refractivity contribution in [2.45, 2.75) is 118 Å². The highest BCUT2D eigenvalue weighted by Gasteiger charge is 2.70. The van der Waals surface area contributed by atoms with E-state index < -0.39 is 24.1 Å². The molecule has 208 valence electrons. The normalized spacial score (nSPS) is 46.2. The molecule has 0 unspecified atom stereocenters. The van der Waals surface area contributed by atoms with E-state index in [1.54, 1.807) is 0 Å². The molecular weight excluding hydrogens is 468 g/mol. The molecule has 0 aromatic rings. The van der Waals surface area contributed by atoms with Crippen LogP contribution >= 0.6 is 0 Å². The molecule has 4 aliphatic rings. The first-order valence-corrected chi connectivity index (χ1v) is 14.3. The van der Waals surface area contributed by atoms with Crippen molar-refractivity contribution >= 4 is 11.9 Å². The van der Waals surface area contributed by atoms with Gasteiger partial charge in [-0.1, -0.05) is 39.3 Å². The Kier molecular flexibility index (Phi) is 7.53. The smallest absolute Gasteiger partial charge is 0.331 e. The molecule has 4 fully saturated rings. The van der Waals surface area contributed by atoms with Gasteiger partial charge in [0.1, 0.15) is 6.10 Å².